The van der Waals surface area contributed by atoms with Gasteiger partial charge in [0.05, 0.1) is 5.69 Å². The van der Waals surface area contributed by atoms with E-state index in [4.69, 9.17) is 0 Å². The van der Waals surface area contributed by atoms with Gasteiger partial charge in [0, 0.05) is 32.9 Å². The summed E-state index contributed by atoms with van der Waals surface area (Å²) in [5.74, 6) is -0.280. The van der Waals surface area contributed by atoms with Gasteiger partial charge in [-0.25, -0.2) is 8.42 Å². The zero-order valence-electron chi connectivity index (χ0n) is 15.3. The van der Waals surface area contributed by atoms with Gasteiger partial charge < -0.3 is 14.8 Å². The first-order valence-corrected chi connectivity index (χ1v) is 9.94. The number of nitrogens with one attached hydrogen (secondary N) is 1. The third-order valence-electron chi connectivity index (χ3n) is 4.49. The number of aromatic nitrogens is 1. The fraction of sp³-hybridized carbons (Fsp3) is 0.389. The summed E-state index contributed by atoms with van der Waals surface area (Å²) in [7, 11) is 1.83. The summed E-state index contributed by atoms with van der Waals surface area (Å²) in [6, 6.07) is 8.95. The van der Waals surface area contributed by atoms with E-state index in [-0.39, 0.29) is 10.8 Å². The van der Waals surface area contributed by atoms with Gasteiger partial charge in [-0.05, 0) is 38.2 Å². The Kier molecular flexibility index (Phi) is 5.06. The van der Waals surface area contributed by atoms with Crippen LogP contribution in [0.3, 0.4) is 0 Å². The van der Waals surface area contributed by atoms with Crippen LogP contribution in [-0.4, -0.2) is 57.5 Å². The summed E-state index contributed by atoms with van der Waals surface area (Å²) in [6.45, 7) is 1.63. The van der Waals surface area contributed by atoms with Gasteiger partial charge in [0.1, 0.15) is 10.6 Å². The molecule has 0 unspecified atom stereocenters. The van der Waals surface area contributed by atoms with E-state index in [0.717, 1.165) is 5.56 Å². The van der Waals surface area contributed by atoms with Crippen LogP contribution in [0, 0.1) is 0 Å². The van der Waals surface area contributed by atoms with Crippen LogP contribution < -0.4 is 9.62 Å². The predicted molar refractivity (Wildman–Crippen MR) is 101 cm³/mol. The Bertz CT molecular complexity index is 918. The second-order valence-corrected chi connectivity index (χ2v) is 8.55. The van der Waals surface area contributed by atoms with Crippen molar-refractivity contribution in [3.8, 4) is 0 Å². The first kappa shape index (κ1) is 18.5. The van der Waals surface area contributed by atoms with Crippen LogP contribution in [-0.2, 0) is 23.5 Å². The second-order valence-electron chi connectivity index (χ2n) is 6.69. The number of anilines is 1. The van der Waals surface area contributed by atoms with Crippen molar-refractivity contribution in [2.75, 3.05) is 38.0 Å². The quantitative estimate of drug-likeness (QED) is 0.818. The SMILES string of the molecule is CN(C)CCNC(=O)c1cc(S(=O)(=O)N2CCc3ccccc32)cn1C. The van der Waals surface area contributed by atoms with Crippen LogP contribution in [0.1, 0.15) is 16.1 Å². The molecular weight excluding hydrogens is 352 g/mol. The Hall–Kier alpha value is -2.32. The summed E-state index contributed by atoms with van der Waals surface area (Å²) in [5.41, 5.74) is 2.07. The summed E-state index contributed by atoms with van der Waals surface area (Å²) in [4.78, 5) is 14.4. The topological polar surface area (TPSA) is 74.7 Å². The third kappa shape index (κ3) is 3.47. The zero-order chi connectivity index (χ0) is 18.9. The first-order chi connectivity index (χ1) is 12.3. The molecule has 140 valence electrons. The van der Waals surface area contributed by atoms with E-state index in [1.807, 2.05) is 43.3 Å². The van der Waals surface area contributed by atoms with Gasteiger partial charge in [0.2, 0.25) is 0 Å². The molecule has 3 rings (SSSR count). The number of carbonyl (C=O) groups excluding carboxylic acids is 1. The van der Waals surface area contributed by atoms with Crippen molar-refractivity contribution >= 4 is 21.6 Å². The van der Waals surface area contributed by atoms with Gasteiger partial charge in [0.15, 0.2) is 0 Å². The van der Waals surface area contributed by atoms with E-state index in [2.05, 4.69) is 5.32 Å². The van der Waals surface area contributed by atoms with Gasteiger partial charge in [-0.2, -0.15) is 0 Å². The molecule has 1 N–H and O–H groups in total. The lowest BCUT2D eigenvalue weighted by Crippen LogP contribution is -2.32. The summed E-state index contributed by atoms with van der Waals surface area (Å²) < 4.78 is 29.1. The van der Waals surface area contributed by atoms with Crippen molar-refractivity contribution in [1.82, 2.24) is 14.8 Å². The van der Waals surface area contributed by atoms with Gasteiger partial charge in [-0.1, -0.05) is 18.2 Å². The molecule has 1 aliphatic heterocycles. The van der Waals surface area contributed by atoms with Crippen LogP contribution in [0.5, 0.6) is 0 Å². The number of rotatable bonds is 6. The van der Waals surface area contributed by atoms with Gasteiger partial charge in [0.25, 0.3) is 15.9 Å². The second kappa shape index (κ2) is 7.13. The lowest BCUT2D eigenvalue weighted by molar-refractivity contribution is 0.0943. The van der Waals surface area contributed by atoms with E-state index in [1.165, 1.54) is 16.6 Å². The maximum Gasteiger partial charge on any atom is 0.267 e. The number of hydrogen-bond donors (Lipinski definition) is 1. The predicted octanol–water partition coefficient (Wildman–Crippen LogP) is 1.07. The van der Waals surface area contributed by atoms with Crippen LogP contribution in [0.2, 0.25) is 0 Å². The van der Waals surface area contributed by atoms with Crippen LogP contribution in [0.15, 0.2) is 41.4 Å². The standard InChI is InChI=1S/C18H24N4O3S/c1-20(2)11-9-19-18(23)17-12-15(13-21(17)3)26(24,25)22-10-8-14-6-4-5-7-16(14)22/h4-7,12-13H,8-11H2,1-3H3,(H,19,23). The molecule has 0 saturated carbocycles. The maximum atomic E-state index is 13.1. The zero-order valence-corrected chi connectivity index (χ0v) is 16.1. The van der Waals surface area contributed by atoms with E-state index >= 15 is 0 Å². The Morgan fingerprint density at radius 1 is 1.27 bits per heavy atom. The molecule has 7 nitrogen and oxygen atoms in total. The molecule has 0 aliphatic carbocycles. The molecule has 0 saturated heterocycles. The fourth-order valence-electron chi connectivity index (χ4n) is 3.07. The Morgan fingerprint density at radius 2 is 2.00 bits per heavy atom. The molecule has 0 bridgehead atoms. The van der Waals surface area contributed by atoms with E-state index in [1.54, 1.807) is 11.6 Å². The Balaban J connectivity index is 1.83. The maximum absolute atomic E-state index is 13.1. The first-order valence-electron chi connectivity index (χ1n) is 8.50. The number of likely N-dealkylation sites (N-methyl/N-ethyl adjacent to an activating group) is 1. The normalized spacial score (nSPS) is 13.9. The van der Waals surface area contributed by atoms with Crippen molar-refractivity contribution < 1.29 is 13.2 Å². The van der Waals surface area contributed by atoms with Gasteiger partial charge >= 0.3 is 0 Å². The third-order valence-corrected chi connectivity index (χ3v) is 6.27. The minimum absolute atomic E-state index is 0.134. The highest BCUT2D eigenvalue weighted by molar-refractivity contribution is 7.92. The van der Waals surface area contributed by atoms with Crippen molar-refractivity contribution in [3.63, 3.8) is 0 Å². The van der Waals surface area contributed by atoms with Crippen LogP contribution in [0.25, 0.3) is 0 Å². The molecule has 1 amide bonds. The van der Waals surface area contributed by atoms with Crippen molar-refractivity contribution in [2.45, 2.75) is 11.3 Å². The van der Waals surface area contributed by atoms with Crippen molar-refractivity contribution in [3.05, 3.63) is 47.8 Å². The largest absolute Gasteiger partial charge is 0.349 e. The molecule has 1 aromatic carbocycles. The minimum atomic E-state index is -3.70. The number of hydrogen-bond acceptors (Lipinski definition) is 4. The van der Waals surface area contributed by atoms with Gasteiger partial charge in [-0.15, -0.1) is 0 Å². The number of nitrogens with zero attached hydrogens (tertiary/aromatic N) is 3. The summed E-state index contributed by atoms with van der Waals surface area (Å²) in [5, 5.41) is 2.81. The smallest absolute Gasteiger partial charge is 0.267 e. The summed E-state index contributed by atoms with van der Waals surface area (Å²) in [6.07, 6.45) is 2.19. The highest BCUT2D eigenvalue weighted by Gasteiger charge is 2.32. The fourth-order valence-corrected chi connectivity index (χ4v) is 4.64. The molecule has 0 atom stereocenters. The molecule has 26 heavy (non-hydrogen) atoms. The molecule has 0 radical (unpaired) electrons. The molecule has 2 heterocycles. The van der Waals surface area contributed by atoms with Crippen molar-refractivity contribution in [2.24, 2.45) is 7.05 Å². The average molecular weight is 376 g/mol. The Labute approximate surface area is 154 Å². The highest BCUT2D eigenvalue weighted by Crippen LogP contribution is 2.33. The number of benzene rings is 1. The summed E-state index contributed by atoms with van der Waals surface area (Å²) >= 11 is 0. The van der Waals surface area contributed by atoms with Gasteiger partial charge in [-0.3, -0.25) is 9.10 Å². The number of sulfonamides is 1. The van der Waals surface area contributed by atoms with E-state index in [0.29, 0.717) is 37.4 Å². The number of para-hydroxylation sites is 1. The number of aryl methyl sites for hydroxylation is 1. The lowest BCUT2D eigenvalue weighted by Gasteiger charge is -2.18. The van der Waals surface area contributed by atoms with E-state index < -0.39 is 10.0 Å². The molecule has 8 heteroatoms. The molecule has 1 aromatic heterocycles. The molecule has 1 aliphatic rings. The monoisotopic (exact) mass is 376 g/mol. The number of fused-ring (bicyclic) bond motifs is 1. The average Bonchev–Trinajstić information content (AvgIpc) is 3.18. The van der Waals surface area contributed by atoms with Crippen LogP contribution >= 0.6 is 0 Å². The lowest BCUT2D eigenvalue weighted by atomic mass is 10.2. The Morgan fingerprint density at radius 3 is 2.73 bits per heavy atom. The minimum Gasteiger partial charge on any atom is -0.349 e. The molecule has 0 fully saturated rings. The van der Waals surface area contributed by atoms with E-state index in [9.17, 15) is 13.2 Å². The highest BCUT2D eigenvalue weighted by atomic mass is 32.2. The van der Waals surface area contributed by atoms with Crippen molar-refractivity contribution in [1.29, 1.82) is 0 Å². The molecular formula is C18H24N4O3S. The van der Waals surface area contributed by atoms with Crippen LogP contribution in [0.4, 0.5) is 5.69 Å². The number of amides is 1. The number of carbonyl (C=O) groups is 1. The molecule has 0 spiro atoms. The molecule has 2 aromatic rings.